The Balaban J connectivity index is 1.19. The van der Waals surface area contributed by atoms with Gasteiger partial charge in [-0.2, -0.15) is 5.26 Å². The van der Waals surface area contributed by atoms with Crippen LogP contribution in [0.15, 0.2) is 194 Å². The van der Waals surface area contributed by atoms with Crippen LogP contribution in [0.5, 0.6) is 0 Å². The molecule has 0 saturated carbocycles. The first-order chi connectivity index (χ1) is 31.7. The van der Waals surface area contributed by atoms with E-state index in [9.17, 15) is 5.26 Å². The molecule has 4 aromatic heterocycles. The molecule has 13 rings (SSSR count). The Labute approximate surface area is 369 Å². The highest BCUT2D eigenvalue weighted by molar-refractivity contribution is 6.11. The van der Waals surface area contributed by atoms with E-state index >= 15 is 0 Å². The Morgan fingerprint density at radius 3 is 0.891 bits per heavy atom. The minimum absolute atomic E-state index is 0.518. The molecule has 0 aliphatic heterocycles. The Kier molecular flexibility index (Phi) is 8.01. The Morgan fingerprint density at radius 2 is 0.578 bits per heavy atom. The van der Waals surface area contributed by atoms with E-state index in [1.165, 1.54) is 76.3 Å². The van der Waals surface area contributed by atoms with Crippen molar-refractivity contribution >= 4 is 87.2 Å². The van der Waals surface area contributed by atoms with Gasteiger partial charge >= 0.3 is 0 Å². The number of fused-ring (bicyclic) bond motifs is 12. The van der Waals surface area contributed by atoms with Crippen LogP contribution in [0.25, 0.3) is 92.9 Å². The molecule has 0 fully saturated rings. The average Bonchev–Trinajstić information content (AvgIpc) is 4.06. The lowest BCUT2D eigenvalue weighted by atomic mass is 9.89. The number of benzene rings is 9. The summed E-state index contributed by atoms with van der Waals surface area (Å²) in [6.07, 6.45) is 0. The smallest absolute Gasteiger partial charge is 0.102 e. The zero-order chi connectivity index (χ0) is 42.5. The van der Waals surface area contributed by atoms with Crippen LogP contribution in [0, 0.1) is 18.3 Å². The third-order valence-corrected chi connectivity index (χ3v) is 14.0. The molecule has 4 heterocycles. The summed E-state index contributed by atoms with van der Waals surface area (Å²) in [5.74, 6) is 0. The van der Waals surface area contributed by atoms with E-state index in [4.69, 9.17) is 0 Å². The van der Waals surface area contributed by atoms with E-state index in [0.29, 0.717) is 25.2 Å². The van der Waals surface area contributed by atoms with E-state index in [1.807, 2.05) is 0 Å². The highest BCUT2D eigenvalue weighted by Crippen LogP contribution is 2.42. The first-order valence-corrected chi connectivity index (χ1v) is 22.1. The fraction of sp³-hybridized carbons (Fsp3) is 0.0678. The standard InChI is InChI=1S/C59H41N5/c1-38-48(35-61-51-26-10-2-18-39(51)40-19-3-11-27-52(40)61)50(37-63-55-30-14-6-22-43(55)44-23-7-15-31-56(44)63)47(34-60)59(64-57-32-16-8-24-45(57)46-25-9-17-33-58(46)64)49(38)36-62-53-28-12-4-20-41(53)42-21-5-13-29-54(42)62/h2-33H,35-37H2,1H3. The highest BCUT2D eigenvalue weighted by atomic mass is 15.0. The molecule has 0 atom stereocenters. The van der Waals surface area contributed by atoms with Crippen molar-refractivity contribution < 1.29 is 0 Å². The molecule has 5 nitrogen and oxygen atoms in total. The van der Waals surface area contributed by atoms with Crippen molar-refractivity contribution in [3.8, 4) is 11.8 Å². The third kappa shape index (κ3) is 5.17. The molecular formula is C59H41N5. The van der Waals surface area contributed by atoms with Crippen molar-refractivity contribution in [2.24, 2.45) is 0 Å². The van der Waals surface area contributed by atoms with Gasteiger partial charge < -0.3 is 18.3 Å². The molecule has 5 heteroatoms. The number of hydrogen-bond acceptors (Lipinski definition) is 1. The Morgan fingerprint density at radius 1 is 0.328 bits per heavy atom. The van der Waals surface area contributed by atoms with Crippen LogP contribution in [-0.2, 0) is 19.6 Å². The number of aromatic nitrogens is 4. The number of nitrogens with zero attached hydrogens (tertiary/aromatic N) is 5. The Bertz CT molecular complexity index is 3870. The van der Waals surface area contributed by atoms with E-state index in [0.717, 1.165) is 38.9 Å². The number of nitriles is 1. The topological polar surface area (TPSA) is 43.5 Å². The molecule has 0 aliphatic carbocycles. The first-order valence-electron chi connectivity index (χ1n) is 22.1. The summed E-state index contributed by atoms with van der Waals surface area (Å²) in [4.78, 5) is 0. The molecule has 0 aliphatic rings. The van der Waals surface area contributed by atoms with Crippen molar-refractivity contribution in [2.75, 3.05) is 0 Å². The van der Waals surface area contributed by atoms with E-state index in [1.54, 1.807) is 0 Å². The lowest BCUT2D eigenvalue weighted by molar-refractivity contribution is 0.783. The molecule has 0 bridgehead atoms. The summed E-state index contributed by atoms with van der Waals surface area (Å²) in [6, 6.07) is 72.7. The lowest BCUT2D eigenvalue weighted by Gasteiger charge is -2.26. The predicted molar refractivity (Wildman–Crippen MR) is 266 cm³/mol. The second-order valence-electron chi connectivity index (χ2n) is 17.1. The largest absolute Gasteiger partial charge is 0.336 e. The van der Waals surface area contributed by atoms with Crippen LogP contribution >= 0.6 is 0 Å². The van der Waals surface area contributed by atoms with Gasteiger partial charge in [0.15, 0.2) is 0 Å². The maximum Gasteiger partial charge on any atom is 0.102 e. The van der Waals surface area contributed by atoms with Gasteiger partial charge in [0.1, 0.15) is 6.07 Å². The fourth-order valence-corrected chi connectivity index (χ4v) is 11.1. The molecule has 13 aromatic rings. The summed E-state index contributed by atoms with van der Waals surface area (Å²) in [5, 5.41) is 21.8. The zero-order valence-electron chi connectivity index (χ0n) is 35.3. The quantitative estimate of drug-likeness (QED) is 0.158. The zero-order valence-corrected chi connectivity index (χ0v) is 35.3. The minimum atomic E-state index is 0.518. The monoisotopic (exact) mass is 819 g/mol. The van der Waals surface area contributed by atoms with Crippen molar-refractivity contribution in [2.45, 2.75) is 26.6 Å². The van der Waals surface area contributed by atoms with Crippen LogP contribution in [0.2, 0.25) is 0 Å². The van der Waals surface area contributed by atoms with Crippen LogP contribution < -0.4 is 0 Å². The van der Waals surface area contributed by atoms with Gasteiger partial charge in [-0.3, -0.25) is 0 Å². The van der Waals surface area contributed by atoms with Crippen molar-refractivity contribution in [1.29, 1.82) is 5.26 Å². The third-order valence-electron chi connectivity index (χ3n) is 14.0. The van der Waals surface area contributed by atoms with E-state index < -0.39 is 0 Å². The second-order valence-corrected chi connectivity index (χ2v) is 17.1. The first kappa shape index (κ1) is 36.3. The summed E-state index contributed by atoms with van der Waals surface area (Å²) in [5.41, 5.74) is 15.4. The molecule has 0 spiro atoms. The molecule has 9 aromatic carbocycles. The van der Waals surface area contributed by atoms with Crippen molar-refractivity contribution in [3.05, 3.63) is 222 Å². The maximum atomic E-state index is 12.1. The lowest BCUT2D eigenvalue weighted by Crippen LogP contribution is -2.18. The molecule has 0 radical (unpaired) electrons. The van der Waals surface area contributed by atoms with Gasteiger partial charge in [0, 0.05) is 94.8 Å². The Hall–Kier alpha value is -8.33. The van der Waals surface area contributed by atoms with Gasteiger partial charge in [-0.05, 0) is 72.1 Å². The van der Waals surface area contributed by atoms with Crippen LogP contribution in [0.4, 0.5) is 0 Å². The van der Waals surface area contributed by atoms with E-state index in [-0.39, 0.29) is 0 Å². The summed E-state index contributed by atoms with van der Waals surface area (Å²) < 4.78 is 9.80. The molecule has 0 saturated heterocycles. The molecule has 0 N–H and O–H groups in total. The highest BCUT2D eigenvalue weighted by Gasteiger charge is 2.28. The number of para-hydroxylation sites is 8. The molecule has 0 unspecified atom stereocenters. The summed E-state index contributed by atoms with van der Waals surface area (Å²) in [7, 11) is 0. The van der Waals surface area contributed by atoms with Crippen LogP contribution in [0.1, 0.15) is 27.8 Å². The molecule has 302 valence electrons. The van der Waals surface area contributed by atoms with Gasteiger partial charge in [0.25, 0.3) is 0 Å². The summed E-state index contributed by atoms with van der Waals surface area (Å²) in [6.45, 7) is 4.00. The van der Waals surface area contributed by atoms with Gasteiger partial charge in [-0.25, -0.2) is 0 Å². The molecular weight excluding hydrogens is 779 g/mol. The van der Waals surface area contributed by atoms with Gasteiger partial charge in [-0.15, -0.1) is 0 Å². The fourth-order valence-electron chi connectivity index (χ4n) is 11.1. The van der Waals surface area contributed by atoms with Crippen LogP contribution in [0.3, 0.4) is 0 Å². The predicted octanol–water partition coefficient (Wildman–Crippen LogP) is 14.4. The summed E-state index contributed by atoms with van der Waals surface area (Å²) >= 11 is 0. The maximum absolute atomic E-state index is 12.1. The van der Waals surface area contributed by atoms with Crippen LogP contribution in [-0.4, -0.2) is 18.3 Å². The minimum Gasteiger partial charge on any atom is -0.336 e. The van der Waals surface area contributed by atoms with Gasteiger partial charge in [-0.1, -0.05) is 146 Å². The molecule has 64 heavy (non-hydrogen) atoms. The van der Waals surface area contributed by atoms with Gasteiger partial charge in [0.05, 0.1) is 28.8 Å². The normalized spacial score (nSPS) is 12.0. The second kappa shape index (κ2) is 14.1. The SMILES string of the molecule is Cc1c(Cn2c3ccccc3c3ccccc32)c(Cn2c3ccccc3c3ccccc32)c(C#N)c(-n2c3ccccc3c3ccccc32)c1Cn1c2ccccc2c2ccccc21. The van der Waals surface area contributed by atoms with Crippen molar-refractivity contribution in [3.63, 3.8) is 0 Å². The number of hydrogen-bond donors (Lipinski definition) is 0. The van der Waals surface area contributed by atoms with Crippen molar-refractivity contribution in [1.82, 2.24) is 18.3 Å². The average molecular weight is 820 g/mol. The van der Waals surface area contributed by atoms with Gasteiger partial charge in [0.2, 0.25) is 0 Å². The number of rotatable bonds is 7. The molecule has 0 amide bonds. The van der Waals surface area contributed by atoms with E-state index in [2.05, 4.69) is 225 Å².